The zero-order valence-corrected chi connectivity index (χ0v) is 9.58. The molecule has 0 saturated carbocycles. The first-order chi connectivity index (χ1) is 7.65. The summed E-state index contributed by atoms with van der Waals surface area (Å²) in [6, 6.07) is 5.91. The molecule has 82 valence electrons. The van der Waals surface area contributed by atoms with Gasteiger partial charge in [0, 0.05) is 22.7 Å². The molecule has 1 heterocycles. The molecule has 3 rings (SSSR count). The van der Waals surface area contributed by atoms with Crippen LogP contribution in [0.3, 0.4) is 0 Å². The number of hydrogen-bond acceptors (Lipinski definition) is 2. The van der Waals surface area contributed by atoms with Crippen LogP contribution in [0.5, 0.6) is 0 Å². The van der Waals surface area contributed by atoms with Crippen LogP contribution in [0, 0.1) is 0 Å². The third-order valence-electron chi connectivity index (χ3n) is 3.28. The SMILES string of the molecule is CC1=Cc2oc3cc(N)ccc3c2C(C)C1. The molecule has 0 fully saturated rings. The van der Waals surface area contributed by atoms with E-state index in [0.29, 0.717) is 5.92 Å². The molecule has 0 bridgehead atoms. The van der Waals surface area contributed by atoms with Gasteiger partial charge in [-0.25, -0.2) is 0 Å². The van der Waals surface area contributed by atoms with E-state index in [9.17, 15) is 0 Å². The molecule has 1 aromatic heterocycles. The lowest BCUT2D eigenvalue weighted by molar-refractivity contribution is 0.583. The normalized spacial score (nSPS) is 19.6. The Balaban J connectivity index is 2.35. The number of hydrogen-bond donors (Lipinski definition) is 1. The molecule has 0 spiro atoms. The number of nitrogen functional groups attached to an aromatic ring is 1. The highest BCUT2D eigenvalue weighted by atomic mass is 16.3. The van der Waals surface area contributed by atoms with E-state index in [0.717, 1.165) is 23.5 Å². The van der Waals surface area contributed by atoms with Crippen molar-refractivity contribution in [2.75, 3.05) is 5.73 Å². The smallest absolute Gasteiger partial charge is 0.137 e. The highest BCUT2D eigenvalue weighted by molar-refractivity contribution is 5.88. The molecule has 0 saturated heterocycles. The molecule has 0 amide bonds. The highest BCUT2D eigenvalue weighted by Gasteiger charge is 2.22. The van der Waals surface area contributed by atoms with Crippen molar-refractivity contribution in [1.29, 1.82) is 0 Å². The third-order valence-corrected chi connectivity index (χ3v) is 3.28. The van der Waals surface area contributed by atoms with E-state index >= 15 is 0 Å². The quantitative estimate of drug-likeness (QED) is 0.673. The van der Waals surface area contributed by atoms with Crippen LogP contribution in [0.1, 0.15) is 37.5 Å². The zero-order valence-electron chi connectivity index (χ0n) is 9.58. The van der Waals surface area contributed by atoms with Crippen molar-refractivity contribution in [3.63, 3.8) is 0 Å². The van der Waals surface area contributed by atoms with Gasteiger partial charge in [-0.3, -0.25) is 0 Å². The van der Waals surface area contributed by atoms with Crippen molar-refractivity contribution in [3.05, 3.63) is 35.1 Å². The van der Waals surface area contributed by atoms with Gasteiger partial charge in [0.05, 0.1) is 0 Å². The summed E-state index contributed by atoms with van der Waals surface area (Å²) in [5.41, 5.74) is 10.1. The van der Waals surface area contributed by atoms with Crippen LogP contribution >= 0.6 is 0 Å². The lowest BCUT2D eigenvalue weighted by atomic mass is 9.87. The second-order valence-electron chi connectivity index (χ2n) is 4.73. The van der Waals surface area contributed by atoms with E-state index in [1.54, 1.807) is 0 Å². The van der Waals surface area contributed by atoms with E-state index in [4.69, 9.17) is 10.2 Å². The fraction of sp³-hybridized carbons (Fsp3) is 0.286. The lowest BCUT2D eigenvalue weighted by Gasteiger charge is -2.16. The molecule has 2 aromatic rings. The summed E-state index contributed by atoms with van der Waals surface area (Å²) < 4.78 is 5.86. The van der Waals surface area contributed by atoms with Gasteiger partial charge in [0.15, 0.2) is 0 Å². The zero-order chi connectivity index (χ0) is 11.3. The molecule has 1 aliphatic carbocycles. The van der Waals surface area contributed by atoms with E-state index in [-0.39, 0.29) is 0 Å². The molecule has 2 nitrogen and oxygen atoms in total. The summed E-state index contributed by atoms with van der Waals surface area (Å²) in [7, 11) is 0. The van der Waals surface area contributed by atoms with Crippen LogP contribution in [0.25, 0.3) is 17.0 Å². The Hall–Kier alpha value is -1.70. The van der Waals surface area contributed by atoms with Crippen molar-refractivity contribution in [1.82, 2.24) is 0 Å². The molecule has 1 atom stereocenters. The number of furan rings is 1. The predicted molar refractivity (Wildman–Crippen MR) is 67.3 cm³/mol. The molecule has 0 aliphatic heterocycles. The Morgan fingerprint density at radius 1 is 1.38 bits per heavy atom. The third kappa shape index (κ3) is 1.26. The van der Waals surface area contributed by atoms with Crippen LogP contribution in [0.2, 0.25) is 0 Å². The molecule has 1 aliphatic rings. The maximum Gasteiger partial charge on any atom is 0.137 e. The van der Waals surface area contributed by atoms with Gasteiger partial charge >= 0.3 is 0 Å². The molecular weight excluding hydrogens is 198 g/mol. The standard InChI is InChI=1S/C14H15NO/c1-8-5-9(2)14-11-4-3-10(15)7-12(11)16-13(14)6-8/h3-4,6-7,9H,5,15H2,1-2H3. The monoisotopic (exact) mass is 213 g/mol. The van der Waals surface area contributed by atoms with E-state index in [2.05, 4.69) is 26.0 Å². The summed E-state index contributed by atoms with van der Waals surface area (Å²) in [6.07, 6.45) is 3.26. The molecular formula is C14H15NO. The Labute approximate surface area is 94.7 Å². The predicted octanol–water partition coefficient (Wildman–Crippen LogP) is 3.93. The summed E-state index contributed by atoms with van der Waals surface area (Å²) in [5.74, 6) is 1.54. The van der Waals surface area contributed by atoms with E-state index in [1.165, 1.54) is 16.5 Å². The van der Waals surface area contributed by atoms with E-state index < -0.39 is 0 Å². The van der Waals surface area contributed by atoms with Crippen molar-refractivity contribution in [3.8, 4) is 0 Å². The Morgan fingerprint density at radius 3 is 3.00 bits per heavy atom. The fourth-order valence-corrected chi connectivity index (χ4v) is 2.64. The van der Waals surface area contributed by atoms with Crippen LogP contribution < -0.4 is 5.73 Å². The van der Waals surface area contributed by atoms with Gasteiger partial charge in [-0.1, -0.05) is 12.5 Å². The van der Waals surface area contributed by atoms with Crippen LogP contribution in [-0.4, -0.2) is 0 Å². The average molecular weight is 213 g/mol. The highest BCUT2D eigenvalue weighted by Crippen LogP contribution is 2.40. The Bertz CT molecular complexity index is 592. The van der Waals surface area contributed by atoms with Gasteiger partial charge in [-0.15, -0.1) is 0 Å². The first kappa shape index (κ1) is 9.52. The van der Waals surface area contributed by atoms with Gasteiger partial charge in [-0.2, -0.15) is 0 Å². The van der Waals surface area contributed by atoms with Gasteiger partial charge < -0.3 is 10.2 Å². The summed E-state index contributed by atoms with van der Waals surface area (Å²) in [6.45, 7) is 4.40. The van der Waals surface area contributed by atoms with Crippen molar-refractivity contribution in [2.24, 2.45) is 0 Å². The second-order valence-corrected chi connectivity index (χ2v) is 4.73. The summed E-state index contributed by atoms with van der Waals surface area (Å²) >= 11 is 0. The largest absolute Gasteiger partial charge is 0.456 e. The first-order valence-corrected chi connectivity index (χ1v) is 5.64. The van der Waals surface area contributed by atoms with Crippen LogP contribution in [0.4, 0.5) is 5.69 Å². The van der Waals surface area contributed by atoms with Crippen LogP contribution in [-0.2, 0) is 0 Å². The number of nitrogens with two attached hydrogens (primary N) is 1. The minimum Gasteiger partial charge on any atom is -0.456 e. The minimum atomic E-state index is 0.532. The van der Waals surface area contributed by atoms with Crippen molar-refractivity contribution in [2.45, 2.75) is 26.2 Å². The number of anilines is 1. The van der Waals surface area contributed by atoms with Crippen molar-refractivity contribution >= 4 is 22.7 Å². The second kappa shape index (κ2) is 3.14. The maximum atomic E-state index is 5.86. The van der Waals surface area contributed by atoms with E-state index in [1.807, 2.05) is 12.1 Å². The van der Waals surface area contributed by atoms with Crippen molar-refractivity contribution < 1.29 is 4.42 Å². The summed E-state index contributed by atoms with van der Waals surface area (Å²) in [5, 5.41) is 1.21. The Kier molecular flexibility index (Phi) is 1.87. The van der Waals surface area contributed by atoms with Crippen LogP contribution in [0.15, 0.2) is 28.2 Å². The molecule has 1 aromatic carbocycles. The van der Waals surface area contributed by atoms with Gasteiger partial charge in [0.25, 0.3) is 0 Å². The number of fused-ring (bicyclic) bond motifs is 3. The molecule has 0 radical (unpaired) electrons. The van der Waals surface area contributed by atoms with Gasteiger partial charge in [0.1, 0.15) is 11.3 Å². The Morgan fingerprint density at radius 2 is 2.19 bits per heavy atom. The molecule has 2 heteroatoms. The number of allylic oxidation sites excluding steroid dienone is 1. The summed E-state index contributed by atoms with van der Waals surface area (Å²) in [4.78, 5) is 0. The fourth-order valence-electron chi connectivity index (χ4n) is 2.64. The first-order valence-electron chi connectivity index (χ1n) is 5.64. The van der Waals surface area contributed by atoms with Gasteiger partial charge in [0.2, 0.25) is 0 Å². The molecule has 1 unspecified atom stereocenters. The number of rotatable bonds is 0. The lowest BCUT2D eigenvalue weighted by Crippen LogP contribution is -2.00. The minimum absolute atomic E-state index is 0.532. The topological polar surface area (TPSA) is 39.2 Å². The molecule has 2 N–H and O–H groups in total. The number of benzene rings is 1. The van der Waals surface area contributed by atoms with Gasteiger partial charge in [-0.05, 0) is 37.5 Å². The maximum absolute atomic E-state index is 5.86. The molecule has 16 heavy (non-hydrogen) atoms. The average Bonchev–Trinajstić information content (AvgIpc) is 2.54.